The summed E-state index contributed by atoms with van der Waals surface area (Å²) in [7, 11) is 1.69. The fourth-order valence-electron chi connectivity index (χ4n) is 1.12. The molecule has 0 fully saturated rings. The van der Waals surface area contributed by atoms with Gasteiger partial charge >= 0.3 is 0 Å². The third-order valence-electron chi connectivity index (χ3n) is 1.88. The van der Waals surface area contributed by atoms with E-state index < -0.39 is 0 Å². The molecule has 0 aliphatic rings. The molecule has 0 aliphatic heterocycles. The van der Waals surface area contributed by atoms with Crippen molar-refractivity contribution in [1.82, 2.24) is 20.5 Å². The molecule has 0 radical (unpaired) electrons. The van der Waals surface area contributed by atoms with Crippen molar-refractivity contribution in [2.75, 3.05) is 20.3 Å². The van der Waals surface area contributed by atoms with E-state index in [0.717, 1.165) is 28.8 Å². The summed E-state index contributed by atoms with van der Waals surface area (Å²) in [4.78, 5) is 4.20. The lowest BCUT2D eigenvalue weighted by atomic mass is 10.5. The molecule has 0 unspecified atom stereocenters. The molecular formula is C9H12N4OS2. The van der Waals surface area contributed by atoms with Crippen LogP contribution in [0.1, 0.15) is 5.01 Å². The molecule has 5 nitrogen and oxygen atoms in total. The third-order valence-corrected chi connectivity index (χ3v) is 3.41. The van der Waals surface area contributed by atoms with Crippen molar-refractivity contribution >= 4 is 22.7 Å². The smallest absolute Gasteiger partial charge is 0.167 e. The number of thiazole rings is 1. The Hall–Kier alpha value is -0.890. The maximum absolute atomic E-state index is 4.94. The third kappa shape index (κ3) is 3.05. The van der Waals surface area contributed by atoms with Crippen LogP contribution in [0.25, 0.3) is 10.7 Å². The molecule has 1 N–H and O–H groups in total. The van der Waals surface area contributed by atoms with E-state index in [1.165, 1.54) is 0 Å². The second-order valence-corrected chi connectivity index (χ2v) is 4.82. The van der Waals surface area contributed by atoms with Crippen LogP contribution < -0.4 is 5.32 Å². The Labute approximate surface area is 102 Å². The molecule has 86 valence electrons. The number of rotatable bonds is 6. The van der Waals surface area contributed by atoms with Crippen LogP contribution in [0.5, 0.6) is 0 Å². The van der Waals surface area contributed by atoms with Crippen molar-refractivity contribution in [3.8, 4) is 10.7 Å². The van der Waals surface area contributed by atoms with Gasteiger partial charge in [0.05, 0.1) is 12.1 Å². The molecule has 2 aromatic heterocycles. The lowest BCUT2D eigenvalue weighted by Gasteiger charge is -1.99. The van der Waals surface area contributed by atoms with Crippen LogP contribution >= 0.6 is 22.7 Å². The minimum Gasteiger partial charge on any atom is -0.383 e. The highest BCUT2D eigenvalue weighted by atomic mass is 32.1. The fraction of sp³-hybridized carbons (Fsp3) is 0.444. The first-order chi connectivity index (χ1) is 7.90. The molecule has 0 saturated heterocycles. The highest BCUT2D eigenvalue weighted by molar-refractivity contribution is 7.15. The molecule has 2 rings (SSSR count). The van der Waals surface area contributed by atoms with Gasteiger partial charge in [-0.25, -0.2) is 4.98 Å². The summed E-state index contributed by atoms with van der Waals surface area (Å²) in [5.74, 6) is 0. The Morgan fingerprint density at radius 2 is 2.38 bits per heavy atom. The Bertz CT molecular complexity index is 415. The zero-order valence-electron chi connectivity index (χ0n) is 8.84. The Balaban J connectivity index is 1.88. The van der Waals surface area contributed by atoms with Gasteiger partial charge < -0.3 is 10.1 Å². The SMILES string of the molecule is COCCNCc1nnc(-c2cscn2)s1. The maximum atomic E-state index is 4.94. The first-order valence-electron chi connectivity index (χ1n) is 4.80. The predicted octanol–water partition coefficient (Wildman–Crippen LogP) is 1.40. The Kier molecular flexibility index (Phi) is 4.34. The number of nitrogens with zero attached hydrogens (tertiary/aromatic N) is 3. The van der Waals surface area contributed by atoms with Crippen molar-refractivity contribution in [2.45, 2.75) is 6.54 Å². The fourth-order valence-corrected chi connectivity index (χ4v) is 2.50. The second-order valence-electron chi connectivity index (χ2n) is 3.04. The van der Waals surface area contributed by atoms with Gasteiger partial charge in [0, 0.05) is 25.6 Å². The lowest BCUT2D eigenvalue weighted by Crippen LogP contribution is -2.18. The molecule has 0 spiro atoms. The predicted molar refractivity (Wildman–Crippen MR) is 64.6 cm³/mol. The number of ether oxygens (including phenoxy) is 1. The normalized spacial score (nSPS) is 10.8. The van der Waals surface area contributed by atoms with E-state index in [9.17, 15) is 0 Å². The topological polar surface area (TPSA) is 59.9 Å². The van der Waals surface area contributed by atoms with Crippen molar-refractivity contribution in [2.24, 2.45) is 0 Å². The number of methoxy groups -OCH3 is 1. The number of hydrogen-bond donors (Lipinski definition) is 1. The van der Waals surface area contributed by atoms with E-state index in [-0.39, 0.29) is 0 Å². The van der Waals surface area contributed by atoms with Crippen LogP contribution in [-0.2, 0) is 11.3 Å². The van der Waals surface area contributed by atoms with Crippen LogP contribution in [0.2, 0.25) is 0 Å². The van der Waals surface area contributed by atoms with Crippen LogP contribution in [0, 0.1) is 0 Å². The Morgan fingerprint density at radius 1 is 1.44 bits per heavy atom. The van der Waals surface area contributed by atoms with Gasteiger partial charge in [-0.05, 0) is 0 Å². The average molecular weight is 256 g/mol. The number of hydrogen-bond acceptors (Lipinski definition) is 7. The number of aromatic nitrogens is 3. The summed E-state index contributed by atoms with van der Waals surface area (Å²) in [5.41, 5.74) is 2.71. The molecule has 0 amide bonds. The van der Waals surface area contributed by atoms with Gasteiger partial charge in [-0.15, -0.1) is 21.5 Å². The van der Waals surface area contributed by atoms with Crippen LogP contribution in [0.15, 0.2) is 10.9 Å². The quantitative estimate of drug-likeness (QED) is 0.792. The van der Waals surface area contributed by atoms with Gasteiger partial charge in [-0.3, -0.25) is 0 Å². The second kappa shape index (κ2) is 6.00. The van der Waals surface area contributed by atoms with Crippen molar-refractivity contribution < 1.29 is 4.74 Å². The summed E-state index contributed by atoms with van der Waals surface area (Å²) >= 11 is 3.13. The summed E-state index contributed by atoms with van der Waals surface area (Å²) in [6, 6.07) is 0. The van der Waals surface area contributed by atoms with E-state index in [1.807, 2.05) is 5.38 Å². The molecule has 0 aliphatic carbocycles. The van der Waals surface area contributed by atoms with Gasteiger partial charge in [-0.2, -0.15) is 0 Å². The number of nitrogens with one attached hydrogen (secondary N) is 1. The summed E-state index contributed by atoms with van der Waals surface area (Å²) in [5, 5.41) is 15.3. The summed E-state index contributed by atoms with van der Waals surface area (Å²) in [6.07, 6.45) is 0. The van der Waals surface area contributed by atoms with Gasteiger partial charge in [0.15, 0.2) is 5.01 Å². The zero-order valence-corrected chi connectivity index (χ0v) is 10.5. The van der Waals surface area contributed by atoms with Gasteiger partial charge in [0.25, 0.3) is 0 Å². The molecule has 0 atom stereocenters. The van der Waals surface area contributed by atoms with Crippen molar-refractivity contribution in [1.29, 1.82) is 0 Å². The summed E-state index contributed by atoms with van der Waals surface area (Å²) < 4.78 is 4.94. The van der Waals surface area contributed by atoms with E-state index in [4.69, 9.17) is 4.74 Å². The minimum absolute atomic E-state index is 0.706. The molecule has 2 aromatic rings. The minimum atomic E-state index is 0.706. The standard InChI is InChI=1S/C9H12N4OS2/c1-14-3-2-10-4-8-12-13-9(16-8)7-5-15-6-11-7/h5-6,10H,2-4H2,1H3. The van der Waals surface area contributed by atoms with E-state index in [1.54, 1.807) is 35.3 Å². The highest BCUT2D eigenvalue weighted by Gasteiger charge is 2.07. The maximum Gasteiger partial charge on any atom is 0.167 e. The average Bonchev–Trinajstić information content (AvgIpc) is 2.94. The molecule has 0 aromatic carbocycles. The molecule has 0 saturated carbocycles. The molecule has 7 heteroatoms. The lowest BCUT2D eigenvalue weighted by molar-refractivity contribution is 0.199. The van der Waals surface area contributed by atoms with E-state index >= 15 is 0 Å². The van der Waals surface area contributed by atoms with Gasteiger partial charge in [0.2, 0.25) is 0 Å². The van der Waals surface area contributed by atoms with Crippen LogP contribution in [0.4, 0.5) is 0 Å². The van der Waals surface area contributed by atoms with Crippen LogP contribution in [0.3, 0.4) is 0 Å². The Morgan fingerprint density at radius 3 is 3.12 bits per heavy atom. The van der Waals surface area contributed by atoms with E-state index in [0.29, 0.717) is 6.61 Å². The summed E-state index contributed by atoms with van der Waals surface area (Å²) in [6.45, 7) is 2.25. The molecule has 2 heterocycles. The molecule has 0 bridgehead atoms. The monoisotopic (exact) mass is 256 g/mol. The zero-order chi connectivity index (χ0) is 11.2. The molecule has 16 heavy (non-hydrogen) atoms. The molecular weight excluding hydrogens is 244 g/mol. The highest BCUT2D eigenvalue weighted by Crippen LogP contribution is 2.22. The van der Waals surface area contributed by atoms with E-state index in [2.05, 4.69) is 20.5 Å². The first kappa shape index (κ1) is 11.6. The first-order valence-corrected chi connectivity index (χ1v) is 6.56. The van der Waals surface area contributed by atoms with Gasteiger partial charge in [-0.1, -0.05) is 11.3 Å². The van der Waals surface area contributed by atoms with Crippen molar-refractivity contribution in [3.05, 3.63) is 15.9 Å². The van der Waals surface area contributed by atoms with Crippen LogP contribution in [-0.4, -0.2) is 35.4 Å². The largest absolute Gasteiger partial charge is 0.383 e. The van der Waals surface area contributed by atoms with Crippen molar-refractivity contribution in [3.63, 3.8) is 0 Å². The van der Waals surface area contributed by atoms with Gasteiger partial charge in [0.1, 0.15) is 10.7 Å².